The summed E-state index contributed by atoms with van der Waals surface area (Å²) in [7, 11) is 3.38. The van der Waals surface area contributed by atoms with Gasteiger partial charge in [-0.15, -0.1) is 0 Å². The third-order valence-electron chi connectivity index (χ3n) is 7.28. The fourth-order valence-electron chi connectivity index (χ4n) is 5.14. The number of nitriles is 1. The molecule has 13 heteroatoms. The molecule has 1 saturated heterocycles. The number of urea groups is 1. The molecule has 4 aliphatic rings. The van der Waals surface area contributed by atoms with E-state index in [1.807, 2.05) is 18.0 Å². The average molecular weight is 538 g/mol. The molecule has 0 spiro atoms. The topological polar surface area (TPSA) is 141 Å². The number of amides is 3. The summed E-state index contributed by atoms with van der Waals surface area (Å²) in [5, 5.41) is 12.0. The van der Waals surface area contributed by atoms with Gasteiger partial charge in [-0.05, 0) is 13.1 Å². The lowest BCUT2D eigenvalue weighted by Crippen LogP contribution is -2.60. The van der Waals surface area contributed by atoms with Crippen LogP contribution < -0.4 is 15.0 Å². The minimum absolute atomic E-state index is 0.0495. The lowest BCUT2D eigenvalue weighted by Gasteiger charge is -2.52. The van der Waals surface area contributed by atoms with E-state index in [0.717, 1.165) is 0 Å². The number of alkyl halides is 1. The van der Waals surface area contributed by atoms with Crippen molar-refractivity contribution in [3.63, 3.8) is 0 Å². The Morgan fingerprint density at radius 1 is 1.33 bits per heavy atom. The fraction of sp³-hybridized carbons (Fsp3) is 0.462. The van der Waals surface area contributed by atoms with Crippen molar-refractivity contribution >= 4 is 29.9 Å². The normalized spacial score (nSPS) is 22.0. The van der Waals surface area contributed by atoms with Crippen molar-refractivity contribution in [3.8, 4) is 11.8 Å². The molecule has 0 atom stereocenters. The second-order valence-corrected chi connectivity index (χ2v) is 9.92. The van der Waals surface area contributed by atoms with E-state index in [0.29, 0.717) is 31.5 Å². The number of pyridine rings is 2. The number of hydrogen-bond acceptors (Lipinski definition) is 9. The molecule has 3 amide bonds. The molecule has 1 aliphatic carbocycles. The second-order valence-electron chi connectivity index (χ2n) is 9.92. The average Bonchev–Trinajstić information content (AvgIpc) is 2.89. The van der Waals surface area contributed by atoms with Gasteiger partial charge >= 0.3 is 6.03 Å². The number of likely N-dealkylation sites (N-methyl/N-ethyl adjacent to an activating group) is 1. The number of aromatic nitrogens is 2. The standard InChI is InChI=1S/C26H28FN7O5/c1-32-3-4-33(23(36)14-32)13-16-7-19-24(30-20(16)15-35)34(18-9-26(19,27)10-18)25(37)31-22-8-21(39-6-5-38-2)17(11-28)12-29-22/h7-8,12,15,18H,3-6,9-10,13-14H2,1-2H3,(H,29,31,37). The molecular weight excluding hydrogens is 509 g/mol. The zero-order valence-corrected chi connectivity index (χ0v) is 21.6. The summed E-state index contributed by atoms with van der Waals surface area (Å²) < 4.78 is 26.3. The van der Waals surface area contributed by atoms with Gasteiger partial charge in [0.15, 0.2) is 6.29 Å². The number of halogens is 1. The number of anilines is 2. The van der Waals surface area contributed by atoms with Crippen LogP contribution in [0.25, 0.3) is 0 Å². The fourth-order valence-corrected chi connectivity index (χ4v) is 5.14. The molecule has 12 nitrogen and oxygen atoms in total. The molecule has 2 aromatic heterocycles. The highest BCUT2D eigenvalue weighted by atomic mass is 19.1. The van der Waals surface area contributed by atoms with E-state index in [9.17, 15) is 19.6 Å². The van der Waals surface area contributed by atoms with Gasteiger partial charge in [0.2, 0.25) is 5.91 Å². The predicted molar refractivity (Wildman–Crippen MR) is 136 cm³/mol. The van der Waals surface area contributed by atoms with Crippen molar-refractivity contribution in [2.45, 2.75) is 31.1 Å². The third kappa shape index (κ3) is 5.00. The van der Waals surface area contributed by atoms with Crippen LogP contribution in [-0.2, 0) is 21.7 Å². The minimum atomic E-state index is -1.67. The van der Waals surface area contributed by atoms with Gasteiger partial charge in [-0.25, -0.2) is 19.2 Å². The number of nitrogens with one attached hydrogen (secondary N) is 1. The van der Waals surface area contributed by atoms with Gasteiger partial charge in [0.1, 0.15) is 47.0 Å². The number of piperazine rings is 1. The number of rotatable bonds is 8. The molecule has 6 rings (SSSR count). The van der Waals surface area contributed by atoms with E-state index in [2.05, 4.69) is 15.3 Å². The maximum Gasteiger partial charge on any atom is 0.328 e. The van der Waals surface area contributed by atoms with Crippen molar-refractivity contribution < 1.29 is 28.2 Å². The molecule has 3 aliphatic heterocycles. The first kappa shape index (κ1) is 26.5. The van der Waals surface area contributed by atoms with Gasteiger partial charge in [-0.1, -0.05) is 0 Å². The third-order valence-corrected chi connectivity index (χ3v) is 7.28. The highest BCUT2D eigenvalue weighted by molar-refractivity contribution is 6.03. The Kier molecular flexibility index (Phi) is 7.16. The lowest BCUT2D eigenvalue weighted by atomic mass is 9.68. The Bertz CT molecular complexity index is 1360. The van der Waals surface area contributed by atoms with Crippen molar-refractivity contribution in [1.29, 1.82) is 5.26 Å². The SMILES string of the molecule is COCCOc1cc(NC(=O)N2c3nc(C=O)c(CN4CCN(C)CC4=O)cc3C3(F)CC2C3)ncc1C#N. The maximum absolute atomic E-state index is 15.8. The predicted octanol–water partition coefficient (Wildman–Crippen LogP) is 1.84. The molecule has 204 valence electrons. The molecule has 0 radical (unpaired) electrons. The molecule has 2 bridgehead atoms. The Hall–Kier alpha value is -4.15. The van der Waals surface area contributed by atoms with Crippen molar-refractivity contribution in [3.05, 3.63) is 40.7 Å². The van der Waals surface area contributed by atoms with Crippen LogP contribution in [0.4, 0.5) is 20.8 Å². The summed E-state index contributed by atoms with van der Waals surface area (Å²) in [6.07, 6.45) is 2.03. The van der Waals surface area contributed by atoms with Crippen LogP contribution >= 0.6 is 0 Å². The summed E-state index contributed by atoms with van der Waals surface area (Å²) in [5.41, 5.74) is -0.762. The summed E-state index contributed by atoms with van der Waals surface area (Å²) >= 11 is 0. The number of carbonyl (C=O) groups excluding carboxylic acids is 3. The molecule has 39 heavy (non-hydrogen) atoms. The molecule has 0 aromatic carbocycles. The highest BCUT2D eigenvalue weighted by Gasteiger charge is 2.57. The van der Waals surface area contributed by atoms with Crippen molar-refractivity contribution in [1.82, 2.24) is 19.8 Å². The quantitative estimate of drug-likeness (QED) is 0.394. The first-order valence-corrected chi connectivity index (χ1v) is 12.5. The summed E-state index contributed by atoms with van der Waals surface area (Å²) in [6.45, 7) is 2.07. The Labute approximate surface area is 224 Å². The Morgan fingerprint density at radius 2 is 2.13 bits per heavy atom. The zero-order valence-electron chi connectivity index (χ0n) is 21.6. The maximum atomic E-state index is 15.8. The number of hydrogen-bond donors (Lipinski definition) is 1. The molecule has 1 saturated carbocycles. The summed E-state index contributed by atoms with van der Waals surface area (Å²) in [6, 6.07) is 3.93. The van der Waals surface area contributed by atoms with Gasteiger partial charge in [0, 0.05) is 62.8 Å². The lowest BCUT2D eigenvalue weighted by molar-refractivity contribution is -0.136. The van der Waals surface area contributed by atoms with E-state index < -0.39 is 17.7 Å². The van der Waals surface area contributed by atoms with Crippen LogP contribution in [0.3, 0.4) is 0 Å². The smallest absolute Gasteiger partial charge is 0.328 e. The van der Waals surface area contributed by atoms with Crippen LogP contribution in [0.15, 0.2) is 18.3 Å². The molecular formula is C26H28FN7O5. The van der Waals surface area contributed by atoms with Crippen molar-refractivity contribution in [2.75, 3.05) is 57.2 Å². The molecule has 2 aromatic rings. The summed E-state index contributed by atoms with van der Waals surface area (Å²) in [4.78, 5) is 51.3. The van der Waals surface area contributed by atoms with Crippen LogP contribution in [-0.4, -0.2) is 91.0 Å². The number of nitrogens with zero attached hydrogens (tertiary/aromatic N) is 6. The minimum Gasteiger partial charge on any atom is -0.490 e. The first-order chi connectivity index (χ1) is 18.8. The molecule has 0 unspecified atom stereocenters. The van der Waals surface area contributed by atoms with E-state index in [1.54, 1.807) is 11.0 Å². The van der Waals surface area contributed by atoms with Gasteiger partial charge in [0.05, 0.1) is 19.3 Å². The largest absolute Gasteiger partial charge is 0.490 e. The van der Waals surface area contributed by atoms with Crippen LogP contribution in [0.1, 0.15) is 40.0 Å². The Balaban J connectivity index is 1.41. The number of methoxy groups -OCH3 is 1. The monoisotopic (exact) mass is 537 g/mol. The highest BCUT2D eigenvalue weighted by Crippen LogP contribution is 2.55. The van der Waals surface area contributed by atoms with Crippen LogP contribution in [0.5, 0.6) is 5.75 Å². The van der Waals surface area contributed by atoms with E-state index in [4.69, 9.17) is 9.47 Å². The zero-order chi connectivity index (χ0) is 27.7. The first-order valence-electron chi connectivity index (χ1n) is 12.5. The van der Waals surface area contributed by atoms with Crippen LogP contribution in [0.2, 0.25) is 0 Å². The van der Waals surface area contributed by atoms with Gasteiger partial charge in [-0.3, -0.25) is 24.7 Å². The van der Waals surface area contributed by atoms with Crippen molar-refractivity contribution in [2.24, 2.45) is 0 Å². The number of carbonyl (C=O) groups is 3. The van der Waals surface area contributed by atoms with E-state index >= 15 is 4.39 Å². The van der Waals surface area contributed by atoms with Gasteiger partial charge in [0.25, 0.3) is 0 Å². The summed E-state index contributed by atoms with van der Waals surface area (Å²) in [5.74, 6) is 0.344. The molecule has 1 N–H and O–H groups in total. The van der Waals surface area contributed by atoms with Crippen LogP contribution in [0, 0.1) is 11.3 Å². The van der Waals surface area contributed by atoms with Gasteiger partial charge < -0.3 is 14.4 Å². The van der Waals surface area contributed by atoms with Gasteiger partial charge in [-0.2, -0.15) is 5.26 Å². The second kappa shape index (κ2) is 10.5. The number of aldehydes is 1. The van der Waals surface area contributed by atoms with E-state index in [1.165, 1.54) is 24.3 Å². The Morgan fingerprint density at radius 3 is 2.82 bits per heavy atom. The number of ether oxygens (including phenoxy) is 2. The molecule has 2 fully saturated rings. The molecule has 5 heterocycles. The van der Waals surface area contributed by atoms with E-state index in [-0.39, 0.29) is 72.7 Å².